The van der Waals surface area contributed by atoms with E-state index >= 15 is 0 Å². The Morgan fingerprint density at radius 2 is 1.31 bits per heavy atom. The summed E-state index contributed by atoms with van der Waals surface area (Å²) < 4.78 is 0.482. The van der Waals surface area contributed by atoms with Crippen LogP contribution in [0.4, 0.5) is 0 Å². The second-order valence-corrected chi connectivity index (χ2v) is 8.33. The Labute approximate surface area is 178 Å². The fourth-order valence-corrected chi connectivity index (χ4v) is 3.02. The molecule has 150 valence electrons. The third kappa shape index (κ3) is 26.3. The minimum Gasteiger partial charge on any atom is -0.480 e. The Bertz CT molecular complexity index is 328. The summed E-state index contributed by atoms with van der Waals surface area (Å²) in [5, 5.41) is 8.33. The summed E-state index contributed by atoms with van der Waals surface area (Å²) in [7, 11) is 0. The van der Waals surface area contributed by atoms with Gasteiger partial charge in [-0.05, 0) is 19.4 Å². The van der Waals surface area contributed by atoms with Crippen LogP contribution in [0.5, 0.6) is 0 Å². The molecule has 0 fully saturated rings. The predicted molar refractivity (Wildman–Crippen MR) is 110 cm³/mol. The zero-order valence-electron chi connectivity index (χ0n) is 17.3. The van der Waals surface area contributed by atoms with Gasteiger partial charge in [-0.1, -0.05) is 19.8 Å². The van der Waals surface area contributed by atoms with E-state index in [0.29, 0.717) is 16.0 Å². The number of hydrogen-bond acceptors (Lipinski definition) is 4. The summed E-state index contributed by atoms with van der Waals surface area (Å²) in [6.07, 6.45) is 18.0. The molecule has 0 heterocycles. The van der Waals surface area contributed by atoms with Gasteiger partial charge in [-0.2, -0.15) is 0 Å². The van der Waals surface area contributed by atoms with Crippen LogP contribution in [-0.2, 0) is 9.59 Å². The van der Waals surface area contributed by atoms with E-state index in [1.165, 1.54) is 64.2 Å². The molecule has 0 bridgehead atoms. The molecule has 0 radical (unpaired) electrons. The first-order chi connectivity index (χ1) is 12.5. The second-order valence-electron chi connectivity index (χ2n) is 7.22. The number of nitrogens with two attached hydrogens (primary N) is 2. The van der Waals surface area contributed by atoms with Crippen LogP contribution < -0.4 is 11.5 Å². The minimum atomic E-state index is -0.933. The fourth-order valence-electron chi connectivity index (χ4n) is 2.67. The van der Waals surface area contributed by atoms with Crippen LogP contribution in [0.2, 0.25) is 0 Å². The average Bonchev–Trinajstić information content (AvgIpc) is 2.60. The number of aliphatic carboxylic acids is 1. The van der Waals surface area contributed by atoms with Gasteiger partial charge in [-0.15, -0.1) is 0 Å². The SMILES string of the molecule is CCCCCCCCCCCCC[C](=O)[Na].NCCCCC(N)C(=O)O. The molecule has 0 amide bonds. The average molecular weight is 381 g/mol. The van der Waals surface area contributed by atoms with Gasteiger partial charge >= 0.3 is 112 Å². The van der Waals surface area contributed by atoms with Crippen molar-refractivity contribution < 1.29 is 14.7 Å². The zero-order valence-corrected chi connectivity index (χ0v) is 19.3. The van der Waals surface area contributed by atoms with Crippen molar-refractivity contribution in [3.8, 4) is 0 Å². The van der Waals surface area contributed by atoms with Crippen LogP contribution in [0, 0.1) is 0 Å². The van der Waals surface area contributed by atoms with E-state index in [-0.39, 0.29) is 0 Å². The third-order valence-electron chi connectivity index (χ3n) is 4.42. The van der Waals surface area contributed by atoms with Gasteiger partial charge in [0.05, 0.1) is 0 Å². The number of carbonyl (C=O) groups is 2. The number of rotatable bonds is 17. The molecule has 0 aromatic carbocycles. The standard InChI is InChI=1S/C14H27O.C6H14N2O2.Na/c1-2-3-4-5-6-7-8-9-10-11-12-13-14-15;7-4-2-1-3-5(8)6(9)10;/h2-13H2,1H3;5H,1-4,7-8H2,(H,9,10);. The van der Waals surface area contributed by atoms with E-state index in [2.05, 4.69) is 6.92 Å². The largest absolute Gasteiger partial charge is 0.480 e. The monoisotopic (exact) mass is 380 g/mol. The van der Waals surface area contributed by atoms with Crippen LogP contribution in [-0.4, -0.2) is 54.6 Å². The molecule has 0 saturated carbocycles. The summed E-state index contributed by atoms with van der Waals surface area (Å²) in [6, 6.07) is -0.716. The molecule has 0 saturated heterocycles. The predicted octanol–water partition coefficient (Wildman–Crippen LogP) is 3.91. The van der Waals surface area contributed by atoms with Gasteiger partial charge in [0.15, 0.2) is 0 Å². The van der Waals surface area contributed by atoms with Crippen molar-refractivity contribution in [2.45, 2.75) is 109 Å². The molecule has 0 rings (SSSR count). The molecule has 0 aromatic rings. The summed E-state index contributed by atoms with van der Waals surface area (Å²) in [5.74, 6) is -0.933. The molecule has 5 nitrogen and oxygen atoms in total. The summed E-state index contributed by atoms with van der Waals surface area (Å²) in [5.41, 5.74) is 10.4. The molecule has 0 aliphatic heterocycles. The maximum Gasteiger partial charge on any atom is 0.320 e. The van der Waals surface area contributed by atoms with E-state index in [1.54, 1.807) is 0 Å². The molecule has 1 atom stereocenters. The van der Waals surface area contributed by atoms with Gasteiger partial charge in [-0.25, -0.2) is 0 Å². The normalized spacial score (nSPS) is 11.6. The van der Waals surface area contributed by atoms with E-state index in [4.69, 9.17) is 16.6 Å². The first kappa shape index (κ1) is 28.3. The zero-order chi connectivity index (χ0) is 20.0. The van der Waals surface area contributed by atoms with Crippen molar-refractivity contribution >= 4 is 36.9 Å². The van der Waals surface area contributed by atoms with Gasteiger partial charge < -0.3 is 16.6 Å². The van der Waals surface area contributed by atoms with Crippen LogP contribution in [0.1, 0.15) is 103 Å². The second kappa shape index (κ2) is 23.1. The number of carbonyl (C=O) groups excluding carboxylic acids is 1. The van der Waals surface area contributed by atoms with E-state index < -0.39 is 12.0 Å². The number of unbranched alkanes of at least 4 members (excludes halogenated alkanes) is 11. The Kier molecular flexibility index (Phi) is 25.1. The quantitative estimate of drug-likeness (QED) is 0.262. The topological polar surface area (TPSA) is 106 Å². The van der Waals surface area contributed by atoms with Gasteiger partial charge in [0.2, 0.25) is 0 Å². The van der Waals surface area contributed by atoms with Gasteiger partial charge in [-0.3, -0.25) is 4.79 Å². The molecular formula is C20H41N2NaO3. The van der Waals surface area contributed by atoms with Gasteiger partial charge in [0.1, 0.15) is 6.04 Å². The fraction of sp³-hybridized carbons (Fsp3) is 0.900. The first-order valence-electron chi connectivity index (χ1n) is 10.6. The third-order valence-corrected chi connectivity index (χ3v) is 4.92. The molecule has 26 heavy (non-hydrogen) atoms. The van der Waals surface area contributed by atoms with Crippen molar-refractivity contribution in [2.75, 3.05) is 6.54 Å². The molecular weight excluding hydrogens is 339 g/mol. The molecule has 0 aliphatic rings. The smallest absolute Gasteiger partial charge is 0.320 e. The Morgan fingerprint density at radius 1 is 0.846 bits per heavy atom. The molecule has 5 N–H and O–H groups in total. The molecule has 1 unspecified atom stereocenters. The van der Waals surface area contributed by atoms with Crippen molar-refractivity contribution in [2.24, 2.45) is 11.5 Å². The van der Waals surface area contributed by atoms with E-state index in [9.17, 15) is 9.59 Å². The van der Waals surface area contributed by atoms with Crippen molar-refractivity contribution in [1.29, 1.82) is 0 Å². The molecule has 6 heteroatoms. The van der Waals surface area contributed by atoms with Crippen molar-refractivity contribution in [3.05, 3.63) is 0 Å². The van der Waals surface area contributed by atoms with Crippen LogP contribution in [0.3, 0.4) is 0 Å². The summed E-state index contributed by atoms with van der Waals surface area (Å²) >= 11 is 0.751. The number of carboxylic acid groups (broad SMARTS) is 1. The Hall–Kier alpha value is 0.0600. The summed E-state index contributed by atoms with van der Waals surface area (Å²) in [4.78, 5) is 20.9. The van der Waals surface area contributed by atoms with E-state index in [0.717, 1.165) is 53.6 Å². The Morgan fingerprint density at radius 3 is 1.69 bits per heavy atom. The Balaban J connectivity index is 0. The van der Waals surface area contributed by atoms with Gasteiger partial charge in [0, 0.05) is 0 Å². The number of carboxylic acids is 1. The summed E-state index contributed by atoms with van der Waals surface area (Å²) in [6.45, 7) is 2.87. The molecule has 0 spiro atoms. The maximum absolute atomic E-state index is 10.8. The minimum absolute atomic E-state index is 0.482. The maximum atomic E-state index is 10.8. The number of hydrogen-bond donors (Lipinski definition) is 3. The van der Waals surface area contributed by atoms with Gasteiger partial charge in [0.25, 0.3) is 0 Å². The van der Waals surface area contributed by atoms with Crippen LogP contribution >= 0.6 is 0 Å². The van der Waals surface area contributed by atoms with Crippen molar-refractivity contribution in [3.63, 3.8) is 0 Å². The molecule has 0 aromatic heterocycles. The van der Waals surface area contributed by atoms with Crippen molar-refractivity contribution in [1.82, 2.24) is 0 Å². The van der Waals surface area contributed by atoms with Crippen LogP contribution in [0.25, 0.3) is 0 Å². The van der Waals surface area contributed by atoms with Crippen LogP contribution in [0.15, 0.2) is 0 Å². The molecule has 0 aliphatic carbocycles. The van der Waals surface area contributed by atoms with E-state index in [1.807, 2.05) is 0 Å². The first-order valence-corrected chi connectivity index (χ1v) is 11.6.